The first-order chi connectivity index (χ1) is 9.55. The highest BCUT2D eigenvalue weighted by Gasteiger charge is 2.53. The molecule has 1 aliphatic carbocycles. The van der Waals surface area contributed by atoms with Gasteiger partial charge in [-0.3, -0.25) is 4.79 Å². The van der Waals surface area contributed by atoms with Crippen LogP contribution in [0.2, 0.25) is 0 Å². The number of carboxylic acid groups (broad SMARTS) is 1. The predicted molar refractivity (Wildman–Crippen MR) is 73.8 cm³/mol. The quantitative estimate of drug-likeness (QED) is 0.830. The molecule has 2 rings (SSSR count). The molecule has 5 heteroatoms. The molecular weight excluding hydrogens is 258 g/mol. The first-order valence-corrected chi connectivity index (χ1v) is 6.72. The van der Waals surface area contributed by atoms with Crippen LogP contribution >= 0.6 is 0 Å². The van der Waals surface area contributed by atoms with Gasteiger partial charge in [-0.1, -0.05) is 25.1 Å². The molecule has 1 amide bonds. The third-order valence-corrected chi connectivity index (χ3v) is 3.82. The number of carbonyl (C=O) groups is 2. The van der Waals surface area contributed by atoms with Crippen molar-refractivity contribution in [2.75, 3.05) is 7.11 Å². The maximum Gasteiger partial charge on any atom is 0.326 e. The summed E-state index contributed by atoms with van der Waals surface area (Å²) in [7, 11) is 1.57. The van der Waals surface area contributed by atoms with Crippen molar-refractivity contribution in [2.24, 2.45) is 0 Å². The summed E-state index contributed by atoms with van der Waals surface area (Å²) in [6.07, 6.45) is 1.80. The van der Waals surface area contributed by atoms with Crippen molar-refractivity contribution in [3.63, 3.8) is 0 Å². The minimum absolute atomic E-state index is 0.226. The first-order valence-electron chi connectivity index (χ1n) is 6.72. The minimum atomic E-state index is -1.00. The van der Waals surface area contributed by atoms with Crippen LogP contribution in [-0.4, -0.2) is 30.1 Å². The van der Waals surface area contributed by atoms with E-state index < -0.39 is 17.4 Å². The number of hydrogen-bond acceptors (Lipinski definition) is 3. The van der Waals surface area contributed by atoms with Gasteiger partial charge in [0.2, 0.25) is 5.91 Å². The SMILES string of the molecule is CCC(NC(=O)C1(c2ccccc2OC)CC1)C(=O)O. The molecule has 1 fully saturated rings. The van der Waals surface area contributed by atoms with Gasteiger partial charge in [0.1, 0.15) is 11.8 Å². The smallest absolute Gasteiger partial charge is 0.326 e. The molecule has 0 heterocycles. The standard InChI is InChI=1S/C15H19NO4/c1-3-11(13(17)18)16-14(19)15(8-9-15)10-6-4-5-7-12(10)20-2/h4-7,11H,3,8-9H2,1-2H3,(H,16,19)(H,17,18). The molecule has 0 spiro atoms. The number of ether oxygens (including phenoxy) is 1. The second-order valence-electron chi connectivity index (χ2n) is 5.05. The summed E-state index contributed by atoms with van der Waals surface area (Å²) in [5, 5.41) is 11.7. The molecule has 108 valence electrons. The van der Waals surface area contributed by atoms with Crippen molar-refractivity contribution < 1.29 is 19.4 Å². The number of aliphatic carboxylic acids is 1. The molecule has 20 heavy (non-hydrogen) atoms. The van der Waals surface area contributed by atoms with Gasteiger partial charge in [0.25, 0.3) is 0 Å². The van der Waals surface area contributed by atoms with Crippen LogP contribution in [0.25, 0.3) is 0 Å². The van der Waals surface area contributed by atoms with Gasteiger partial charge >= 0.3 is 5.97 Å². The fourth-order valence-corrected chi connectivity index (χ4v) is 2.42. The molecule has 0 bridgehead atoms. The first kappa shape index (κ1) is 14.4. The largest absolute Gasteiger partial charge is 0.496 e. The maximum atomic E-state index is 12.4. The van der Waals surface area contributed by atoms with Gasteiger partial charge < -0.3 is 15.2 Å². The normalized spacial score (nSPS) is 17.1. The molecule has 1 saturated carbocycles. The lowest BCUT2D eigenvalue weighted by atomic mass is 9.93. The highest BCUT2D eigenvalue weighted by molar-refractivity contribution is 5.94. The Morgan fingerprint density at radius 3 is 2.55 bits per heavy atom. The number of carboxylic acids is 1. The molecule has 0 aromatic heterocycles. The molecule has 5 nitrogen and oxygen atoms in total. The molecular formula is C15H19NO4. The van der Waals surface area contributed by atoms with E-state index in [1.165, 1.54) is 0 Å². The molecule has 1 atom stereocenters. The monoisotopic (exact) mass is 277 g/mol. The highest BCUT2D eigenvalue weighted by atomic mass is 16.5. The van der Waals surface area contributed by atoms with Crippen molar-refractivity contribution in [3.8, 4) is 5.75 Å². The number of carbonyl (C=O) groups excluding carboxylic acids is 1. The Hall–Kier alpha value is -2.04. The lowest BCUT2D eigenvalue weighted by molar-refractivity contribution is -0.142. The maximum absolute atomic E-state index is 12.4. The van der Waals surface area contributed by atoms with Gasteiger partial charge in [0.05, 0.1) is 12.5 Å². The summed E-state index contributed by atoms with van der Waals surface area (Å²) in [6, 6.07) is 6.56. The zero-order valence-corrected chi connectivity index (χ0v) is 11.7. The lowest BCUT2D eigenvalue weighted by Crippen LogP contribution is -2.45. The zero-order chi connectivity index (χ0) is 14.8. The highest BCUT2D eigenvalue weighted by Crippen LogP contribution is 2.51. The Morgan fingerprint density at radius 2 is 2.05 bits per heavy atom. The van der Waals surface area contributed by atoms with Crippen molar-refractivity contribution in [3.05, 3.63) is 29.8 Å². The van der Waals surface area contributed by atoms with Gasteiger partial charge in [-0.2, -0.15) is 0 Å². The van der Waals surface area contributed by atoms with Gasteiger partial charge in [-0.05, 0) is 25.3 Å². The minimum Gasteiger partial charge on any atom is -0.496 e. The Labute approximate surface area is 117 Å². The Bertz CT molecular complexity index is 522. The summed E-state index contributed by atoms with van der Waals surface area (Å²) in [6.45, 7) is 1.74. The van der Waals surface area contributed by atoms with Crippen molar-refractivity contribution >= 4 is 11.9 Å². The van der Waals surface area contributed by atoms with Gasteiger partial charge in [-0.25, -0.2) is 4.79 Å². The van der Waals surface area contributed by atoms with Crippen LogP contribution in [0.5, 0.6) is 5.75 Å². The van der Waals surface area contributed by atoms with Crippen LogP contribution in [-0.2, 0) is 15.0 Å². The van der Waals surface area contributed by atoms with E-state index in [2.05, 4.69) is 5.32 Å². The van der Waals surface area contributed by atoms with Crippen LogP contribution < -0.4 is 10.1 Å². The number of methoxy groups -OCH3 is 1. The van der Waals surface area contributed by atoms with Crippen LogP contribution in [0.15, 0.2) is 24.3 Å². The van der Waals surface area contributed by atoms with Gasteiger partial charge in [0, 0.05) is 5.56 Å². The molecule has 0 radical (unpaired) electrons. The molecule has 0 saturated heterocycles. The number of rotatable bonds is 6. The summed E-state index contributed by atoms with van der Waals surface area (Å²) in [5.41, 5.74) is 0.204. The van der Waals surface area contributed by atoms with E-state index in [4.69, 9.17) is 9.84 Å². The van der Waals surface area contributed by atoms with E-state index in [1.54, 1.807) is 14.0 Å². The summed E-state index contributed by atoms with van der Waals surface area (Å²) >= 11 is 0. The van der Waals surface area contributed by atoms with Crippen molar-refractivity contribution in [1.82, 2.24) is 5.32 Å². The molecule has 1 unspecified atom stereocenters. The number of nitrogens with one attached hydrogen (secondary N) is 1. The Balaban J connectivity index is 2.23. The van der Waals surface area contributed by atoms with E-state index >= 15 is 0 Å². The molecule has 2 N–H and O–H groups in total. The van der Waals surface area contributed by atoms with Gasteiger partial charge in [0.15, 0.2) is 0 Å². The number of para-hydroxylation sites is 1. The molecule has 1 aromatic rings. The second-order valence-corrected chi connectivity index (χ2v) is 5.05. The molecule has 0 aliphatic heterocycles. The molecule has 1 aromatic carbocycles. The predicted octanol–water partition coefficient (Wildman–Crippen LogP) is 1.71. The average molecular weight is 277 g/mol. The van der Waals surface area contributed by atoms with Crippen LogP contribution in [0.3, 0.4) is 0 Å². The van der Waals surface area contributed by atoms with Crippen LogP contribution in [0, 0.1) is 0 Å². The summed E-state index contributed by atoms with van der Waals surface area (Å²) < 4.78 is 5.30. The van der Waals surface area contributed by atoms with E-state index in [1.807, 2.05) is 24.3 Å². The average Bonchev–Trinajstić information content (AvgIpc) is 3.25. The van der Waals surface area contributed by atoms with Crippen LogP contribution in [0.4, 0.5) is 0 Å². The zero-order valence-electron chi connectivity index (χ0n) is 11.7. The second kappa shape index (κ2) is 5.53. The summed E-state index contributed by atoms with van der Waals surface area (Å²) in [4.78, 5) is 23.5. The number of hydrogen-bond donors (Lipinski definition) is 2. The fraction of sp³-hybridized carbons (Fsp3) is 0.467. The topological polar surface area (TPSA) is 75.6 Å². The Kier molecular flexibility index (Phi) is 3.97. The fourth-order valence-electron chi connectivity index (χ4n) is 2.42. The van der Waals surface area contributed by atoms with E-state index in [0.29, 0.717) is 12.2 Å². The Morgan fingerprint density at radius 1 is 1.40 bits per heavy atom. The summed E-state index contributed by atoms with van der Waals surface area (Å²) in [5.74, 6) is -0.559. The number of amides is 1. The van der Waals surface area contributed by atoms with Crippen LogP contribution in [0.1, 0.15) is 31.7 Å². The van der Waals surface area contributed by atoms with Gasteiger partial charge in [-0.15, -0.1) is 0 Å². The lowest BCUT2D eigenvalue weighted by Gasteiger charge is -2.21. The van der Waals surface area contributed by atoms with E-state index in [9.17, 15) is 9.59 Å². The third-order valence-electron chi connectivity index (χ3n) is 3.82. The van der Waals surface area contributed by atoms with Crippen molar-refractivity contribution in [1.29, 1.82) is 0 Å². The third kappa shape index (κ3) is 2.48. The van der Waals surface area contributed by atoms with Crippen molar-refractivity contribution in [2.45, 2.75) is 37.6 Å². The molecule has 1 aliphatic rings. The van der Waals surface area contributed by atoms with E-state index in [0.717, 1.165) is 18.4 Å². The number of benzene rings is 1. The van der Waals surface area contributed by atoms with E-state index in [-0.39, 0.29) is 5.91 Å².